The van der Waals surface area contributed by atoms with Gasteiger partial charge < -0.3 is 30.4 Å². The molecule has 10 heteroatoms. The number of benzene rings is 1. The monoisotopic (exact) mass is 396 g/mol. The first-order valence-electron chi connectivity index (χ1n) is 7.75. The second-order valence-electron chi connectivity index (χ2n) is 5.44. The number of nitrogens with one attached hydrogen (secondary N) is 1. The number of hydrogen-bond acceptors (Lipinski definition) is 6. The lowest BCUT2D eigenvalue weighted by Crippen LogP contribution is -2.24. The zero-order chi connectivity index (χ0) is 20.3. The third kappa shape index (κ3) is 3.82. The molecule has 2 aromatic rings. The van der Waals surface area contributed by atoms with E-state index in [9.17, 15) is 24.6 Å². The topological polar surface area (TPSA) is 152 Å². The number of rotatable bonds is 7. The Morgan fingerprint density at radius 2 is 1.85 bits per heavy atom. The van der Waals surface area contributed by atoms with Gasteiger partial charge in [-0.25, -0.2) is 9.59 Å². The minimum absolute atomic E-state index is 0.0274. The molecule has 2 rings (SSSR count). The van der Waals surface area contributed by atoms with Gasteiger partial charge in [0.05, 0.1) is 13.7 Å². The van der Waals surface area contributed by atoms with Gasteiger partial charge in [0.15, 0.2) is 11.5 Å². The smallest absolute Gasteiger partial charge is 0.342 e. The van der Waals surface area contributed by atoms with Crippen LogP contribution in [0.4, 0.5) is 5.82 Å². The molecule has 9 nitrogen and oxygen atoms in total. The number of carboxylic acid groups (broad SMARTS) is 2. The van der Waals surface area contributed by atoms with Gasteiger partial charge in [-0.3, -0.25) is 4.79 Å². The number of nitrogens with two attached hydrogens (primary N) is 1. The average molecular weight is 397 g/mol. The third-order valence-electron chi connectivity index (χ3n) is 3.63. The van der Waals surface area contributed by atoms with E-state index in [1.54, 1.807) is 0 Å². The highest BCUT2D eigenvalue weighted by Gasteiger charge is 2.30. The van der Waals surface area contributed by atoms with E-state index in [0.717, 1.165) is 0 Å². The summed E-state index contributed by atoms with van der Waals surface area (Å²) in [4.78, 5) is 37.7. The fourth-order valence-electron chi connectivity index (χ4n) is 2.57. The van der Waals surface area contributed by atoms with Crippen molar-refractivity contribution >= 4 is 29.4 Å². The predicted molar refractivity (Wildman–Crippen MR) is 98.2 cm³/mol. The van der Waals surface area contributed by atoms with Gasteiger partial charge in [0.2, 0.25) is 0 Å². The molecule has 0 saturated carbocycles. The minimum atomic E-state index is -1.63. The normalized spacial score (nSPS) is 10.5. The molecule has 144 valence electrons. The number of aromatic amines is 1. The molecular weight excluding hydrogens is 380 g/mol. The number of anilines is 1. The standard InChI is InChI=1S/C17H17ClN2O7/c1-3-4-27-13-8(5-7(18)6-9(13)26-2)10-11(16(22)23)14(19)20-15(21)12(10)17(24)25/h5-6H,3-4H2,1-2H3,(H,22,23)(H,24,25)(H3,19,20,21). The lowest BCUT2D eigenvalue weighted by molar-refractivity contribution is 0.0695. The Morgan fingerprint density at radius 3 is 2.37 bits per heavy atom. The van der Waals surface area contributed by atoms with E-state index in [-0.39, 0.29) is 28.7 Å². The Kier molecular flexibility index (Phi) is 5.96. The molecule has 27 heavy (non-hydrogen) atoms. The molecule has 0 saturated heterocycles. The van der Waals surface area contributed by atoms with Crippen LogP contribution in [0.3, 0.4) is 0 Å². The summed E-state index contributed by atoms with van der Waals surface area (Å²) in [5.74, 6) is -3.44. The molecule has 1 aromatic heterocycles. The lowest BCUT2D eigenvalue weighted by atomic mass is 9.94. The zero-order valence-electron chi connectivity index (χ0n) is 14.5. The molecule has 0 aliphatic rings. The number of aromatic nitrogens is 1. The number of ether oxygens (including phenoxy) is 2. The van der Waals surface area contributed by atoms with Crippen LogP contribution in [-0.4, -0.2) is 40.9 Å². The van der Waals surface area contributed by atoms with Crippen LogP contribution in [0, 0.1) is 0 Å². The van der Waals surface area contributed by atoms with Gasteiger partial charge in [0, 0.05) is 22.2 Å². The van der Waals surface area contributed by atoms with Crippen molar-refractivity contribution < 1.29 is 29.3 Å². The Balaban J connectivity index is 3.04. The van der Waals surface area contributed by atoms with Crippen molar-refractivity contribution in [2.75, 3.05) is 19.5 Å². The quantitative estimate of drug-likeness (QED) is 0.556. The first-order valence-corrected chi connectivity index (χ1v) is 8.13. The van der Waals surface area contributed by atoms with Crippen LogP contribution in [0.25, 0.3) is 11.1 Å². The fourth-order valence-corrected chi connectivity index (χ4v) is 2.78. The van der Waals surface area contributed by atoms with E-state index >= 15 is 0 Å². The summed E-state index contributed by atoms with van der Waals surface area (Å²) < 4.78 is 10.9. The van der Waals surface area contributed by atoms with Crippen LogP contribution in [0.15, 0.2) is 16.9 Å². The molecule has 1 heterocycles. The van der Waals surface area contributed by atoms with Crippen molar-refractivity contribution in [3.8, 4) is 22.6 Å². The number of carboxylic acids is 2. The second-order valence-corrected chi connectivity index (χ2v) is 5.87. The molecule has 0 aliphatic heterocycles. The molecular formula is C17H17ClN2O7. The molecule has 5 N–H and O–H groups in total. The van der Waals surface area contributed by atoms with Gasteiger partial charge in [-0.05, 0) is 12.5 Å². The number of nitrogen functional groups attached to an aromatic ring is 1. The highest BCUT2D eigenvalue weighted by molar-refractivity contribution is 6.31. The Morgan fingerprint density at radius 1 is 1.22 bits per heavy atom. The number of halogens is 1. The van der Waals surface area contributed by atoms with Crippen LogP contribution in [0.2, 0.25) is 5.02 Å². The Bertz CT molecular complexity index is 969. The van der Waals surface area contributed by atoms with Crippen LogP contribution in [0.1, 0.15) is 34.1 Å². The van der Waals surface area contributed by atoms with Gasteiger partial charge in [0.25, 0.3) is 5.56 Å². The highest BCUT2D eigenvalue weighted by Crippen LogP contribution is 2.43. The average Bonchev–Trinajstić information content (AvgIpc) is 2.58. The van der Waals surface area contributed by atoms with Crippen molar-refractivity contribution in [1.29, 1.82) is 0 Å². The van der Waals surface area contributed by atoms with Crippen molar-refractivity contribution in [2.45, 2.75) is 13.3 Å². The summed E-state index contributed by atoms with van der Waals surface area (Å²) in [7, 11) is 1.34. The fraction of sp³-hybridized carbons (Fsp3) is 0.235. The third-order valence-corrected chi connectivity index (χ3v) is 3.85. The van der Waals surface area contributed by atoms with Crippen molar-refractivity contribution in [3.05, 3.63) is 38.6 Å². The molecule has 0 spiro atoms. The van der Waals surface area contributed by atoms with E-state index in [0.29, 0.717) is 6.42 Å². The first kappa shape index (κ1) is 20.1. The highest BCUT2D eigenvalue weighted by atomic mass is 35.5. The van der Waals surface area contributed by atoms with Gasteiger partial charge in [0.1, 0.15) is 16.9 Å². The summed E-state index contributed by atoms with van der Waals surface area (Å²) in [6, 6.07) is 2.72. The van der Waals surface area contributed by atoms with E-state index < -0.39 is 40.0 Å². The Labute approximate surface area is 158 Å². The molecule has 1 aromatic carbocycles. The zero-order valence-corrected chi connectivity index (χ0v) is 15.2. The van der Waals surface area contributed by atoms with Crippen LogP contribution < -0.4 is 20.8 Å². The lowest BCUT2D eigenvalue weighted by Gasteiger charge is -2.18. The van der Waals surface area contributed by atoms with Gasteiger partial charge in [-0.1, -0.05) is 18.5 Å². The minimum Gasteiger partial charge on any atom is -0.493 e. The Hall–Kier alpha value is -3.20. The summed E-state index contributed by atoms with van der Waals surface area (Å²) in [5, 5.41) is 19.2. The maximum Gasteiger partial charge on any atom is 0.342 e. The number of carbonyl (C=O) groups is 2. The molecule has 0 radical (unpaired) electrons. The van der Waals surface area contributed by atoms with Crippen LogP contribution in [-0.2, 0) is 0 Å². The maximum atomic E-state index is 12.2. The number of methoxy groups -OCH3 is 1. The number of hydrogen-bond donors (Lipinski definition) is 4. The summed E-state index contributed by atoms with van der Waals surface area (Å²) in [6.45, 7) is 2.08. The van der Waals surface area contributed by atoms with Crippen molar-refractivity contribution in [1.82, 2.24) is 4.98 Å². The molecule has 0 aliphatic carbocycles. The molecule has 0 unspecified atom stereocenters. The summed E-state index contributed by atoms with van der Waals surface area (Å²) in [6.07, 6.45) is 0.611. The largest absolute Gasteiger partial charge is 0.493 e. The predicted octanol–water partition coefficient (Wildman–Crippen LogP) is 2.47. The number of H-pyrrole nitrogens is 1. The van der Waals surface area contributed by atoms with Crippen LogP contribution in [0.5, 0.6) is 11.5 Å². The molecule has 0 bridgehead atoms. The van der Waals surface area contributed by atoms with E-state index in [1.165, 1.54) is 19.2 Å². The number of aromatic carboxylic acids is 2. The second kappa shape index (κ2) is 8.00. The van der Waals surface area contributed by atoms with Gasteiger partial charge in [-0.2, -0.15) is 0 Å². The summed E-state index contributed by atoms with van der Waals surface area (Å²) >= 11 is 6.08. The van der Waals surface area contributed by atoms with E-state index in [1.807, 2.05) is 11.9 Å². The van der Waals surface area contributed by atoms with E-state index in [4.69, 9.17) is 26.8 Å². The van der Waals surface area contributed by atoms with E-state index in [2.05, 4.69) is 0 Å². The summed E-state index contributed by atoms with van der Waals surface area (Å²) in [5.41, 5.74) is 2.77. The molecule has 0 atom stereocenters. The molecule has 0 fully saturated rings. The van der Waals surface area contributed by atoms with Crippen LogP contribution >= 0.6 is 11.6 Å². The first-order chi connectivity index (χ1) is 12.7. The number of pyridine rings is 1. The van der Waals surface area contributed by atoms with Crippen molar-refractivity contribution in [2.24, 2.45) is 0 Å². The maximum absolute atomic E-state index is 12.2. The van der Waals surface area contributed by atoms with Crippen molar-refractivity contribution in [3.63, 3.8) is 0 Å². The van der Waals surface area contributed by atoms with Gasteiger partial charge in [-0.15, -0.1) is 0 Å². The SMILES string of the molecule is CCCOc1c(OC)cc(Cl)cc1-c1c(C(=O)O)c(N)[nH]c(=O)c1C(=O)O. The molecule has 0 amide bonds. The van der Waals surface area contributed by atoms with Gasteiger partial charge >= 0.3 is 11.9 Å².